The Bertz CT molecular complexity index is 2490. The number of nitrogens with zero attached hydrogens (tertiary/aromatic N) is 2. The van der Waals surface area contributed by atoms with Crippen molar-refractivity contribution < 1.29 is 38.8 Å². The Morgan fingerprint density at radius 3 is 2.50 bits per heavy atom. The van der Waals surface area contributed by atoms with Crippen LogP contribution in [0.25, 0.3) is 31.6 Å². The van der Waals surface area contributed by atoms with Crippen LogP contribution in [0.2, 0.25) is 0 Å². The number of benzene rings is 3. The van der Waals surface area contributed by atoms with Crippen molar-refractivity contribution in [2.24, 2.45) is 23.7 Å². The van der Waals surface area contributed by atoms with Gasteiger partial charge in [0.05, 0.1) is 44.1 Å². The standard InChI is InChI=1S/C46H54N4O9S/c1-23-10-9-11-25(3)45(56)49-38-40(54)35-34(37-43(38)60-33-22-30(12-13-31(33)48-37)50-17-15-47-16-18-50)36-42(28(6)39(35)53)59-46(8,44(36)55)57-19-14-32(52)27(5)41(58-29(7)51)26(4)21-24(2)20-23/h9-14,19,22-24,26-27,32,41,47,52-53H,15-18,20-21H2,1-8H3,(H,49,56)/b10-9+,19-14+,25-11-/t23-,24+,26+,27+,32-,41-,46-/m0/s1. The first-order valence-corrected chi connectivity index (χ1v) is 21.5. The van der Waals surface area contributed by atoms with Gasteiger partial charge in [0, 0.05) is 68.2 Å². The van der Waals surface area contributed by atoms with Crippen LogP contribution in [0.3, 0.4) is 0 Å². The molecule has 0 unspecified atom stereocenters. The smallest absolute Gasteiger partial charge is 0.312 e. The highest BCUT2D eigenvalue weighted by Gasteiger charge is 2.50. The number of aliphatic hydroxyl groups is 1. The number of ether oxygens (including phenoxy) is 3. The number of aromatic hydroxyl groups is 1. The second-order valence-corrected chi connectivity index (χ2v) is 17.9. The second kappa shape index (κ2) is 17.0. The minimum absolute atomic E-state index is 0.00392. The second-order valence-electron chi connectivity index (χ2n) is 16.9. The monoisotopic (exact) mass is 838 g/mol. The van der Waals surface area contributed by atoms with Crippen LogP contribution in [0.15, 0.2) is 59.1 Å². The number of ketones is 1. The van der Waals surface area contributed by atoms with Gasteiger partial charge < -0.3 is 40.0 Å². The van der Waals surface area contributed by atoms with E-state index in [1.165, 1.54) is 44.4 Å². The van der Waals surface area contributed by atoms with Gasteiger partial charge in [-0.1, -0.05) is 45.9 Å². The number of phenols is 1. The number of hydrogen-bond donors (Lipinski definition) is 4. The van der Waals surface area contributed by atoms with Gasteiger partial charge in [-0.25, -0.2) is 4.98 Å². The van der Waals surface area contributed by atoms with Crippen molar-refractivity contribution in [1.82, 2.24) is 10.3 Å². The Balaban J connectivity index is 1.42. The molecule has 7 atom stereocenters. The summed E-state index contributed by atoms with van der Waals surface area (Å²) >= 11 is 1.27. The van der Waals surface area contributed by atoms with Crippen LogP contribution < -0.4 is 25.7 Å². The number of aromatic nitrogens is 1. The summed E-state index contributed by atoms with van der Waals surface area (Å²) in [5.41, 5.74) is 1.54. The zero-order chi connectivity index (χ0) is 43.2. The Hall–Kier alpha value is -5.31. The predicted molar refractivity (Wildman–Crippen MR) is 234 cm³/mol. The fraction of sp³-hybridized carbons (Fsp3) is 0.457. The number of aliphatic hydroxyl groups excluding tert-OH is 1. The average molecular weight is 839 g/mol. The lowest BCUT2D eigenvalue weighted by molar-refractivity contribution is -0.154. The first-order chi connectivity index (χ1) is 28.5. The fourth-order valence-electron chi connectivity index (χ4n) is 8.80. The molecule has 7 rings (SSSR count). The third kappa shape index (κ3) is 8.12. The topological polar surface area (TPSA) is 177 Å². The molecule has 0 saturated carbocycles. The van der Waals surface area contributed by atoms with Crippen LogP contribution in [-0.4, -0.2) is 77.0 Å². The van der Waals surface area contributed by atoms with Crippen molar-refractivity contribution in [3.8, 4) is 22.1 Å². The molecule has 60 heavy (non-hydrogen) atoms. The number of amides is 1. The highest BCUT2D eigenvalue weighted by Crippen LogP contribution is 2.51. The maximum atomic E-state index is 14.8. The molecule has 14 heteroatoms. The number of Topliss-reactive ketones (excluding diaryl/α,β-unsaturated/α-hetero) is 1. The molecule has 0 aromatic heterocycles. The first kappa shape index (κ1) is 42.8. The van der Waals surface area contributed by atoms with E-state index in [0.29, 0.717) is 16.0 Å². The summed E-state index contributed by atoms with van der Waals surface area (Å²) < 4.78 is 18.8. The molecular formula is C46H54N4O9S. The molecule has 4 N–H and O–H groups in total. The highest BCUT2D eigenvalue weighted by atomic mass is 32.1. The Morgan fingerprint density at radius 2 is 1.78 bits per heavy atom. The lowest BCUT2D eigenvalue weighted by atomic mass is 9.82. The number of carbonyl (C=O) groups is 3. The Kier molecular flexibility index (Phi) is 12.1. The molecule has 0 spiro atoms. The molecular weight excluding hydrogens is 785 g/mol. The number of fused-ring (bicyclic) bond motifs is 2. The van der Waals surface area contributed by atoms with E-state index < -0.39 is 52.8 Å². The maximum Gasteiger partial charge on any atom is 0.312 e. The van der Waals surface area contributed by atoms with Crippen molar-refractivity contribution in [2.45, 2.75) is 86.2 Å². The molecule has 318 valence electrons. The van der Waals surface area contributed by atoms with Crippen LogP contribution in [-0.2, 0) is 19.1 Å². The van der Waals surface area contributed by atoms with Crippen LogP contribution >= 0.6 is 11.3 Å². The Labute approximate surface area is 353 Å². The zero-order valence-electron chi connectivity index (χ0n) is 35.4. The van der Waals surface area contributed by atoms with Gasteiger partial charge >= 0.3 is 11.8 Å². The number of hydrogen-bond acceptors (Lipinski definition) is 13. The summed E-state index contributed by atoms with van der Waals surface area (Å²) in [6.07, 6.45) is 7.90. The summed E-state index contributed by atoms with van der Waals surface area (Å²) in [7, 11) is 0. The van der Waals surface area contributed by atoms with Gasteiger partial charge in [-0.15, -0.1) is 11.3 Å². The van der Waals surface area contributed by atoms with E-state index in [4.69, 9.17) is 19.2 Å². The minimum atomic E-state index is -1.97. The normalized spacial score (nSPS) is 28.9. The molecule has 4 aliphatic heterocycles. The summed E-state index contributed by atoms with van der Waals surface area (Å²) in [6.45, 7) is 17.3. The molecule has 4 heterocycles. The van der Waals surface area contributed by atoms with E-state index in [1.54, 1.807) is 19.9 Å². The van der Waals surface area contributed by atoms with E-state index in [-0.39, 0.29) is 56.8 Å². The summed E-state index contributed by atoms with van der Waals surface area (Å²) in [5.74, 6) is -4.24. The van der Waals surface area contributed by atoms with Gasteiger partial charge in [-0.3, -0.25) is 19.2 Å². The quantitative estimate of drug-likeness (QED) is 0.0907. The van der Waals surface area contributed by atoms with Gasteiger partial charge in [0.2, 0.25) is 5.43 Å². The number of nitrogens with one attached hydrogen (secondary N) is 2. The number of carbonyl (C=O) groups excluding carboxylic acids is 3. The number of esters is 1. The molecule has 1 fully saturated rings. The molecule has 5 aliphatic rings. The van der Waals surface area contributed by atoms with Gasteiger partial charge in [-0.05, 0) is 68.7 Å². The lowest BCUT2D eigenvalue weighted by Crippen LogP contribution is -2.43. The van der Waals surface area contributed by atoms with E-state index >= 15 is 0 Å². The number of anilines is 2. The fourth-order valence-corrected chi connectivity index (χ4v) is 9.91. The summed E-state index contributed by atoms with van der Waals surface area (Å²) in [5, 5.41) is 29.3. The predicted octanol–water partition coefficient (Wildman–Crippen LogP) is 7.23. The van der Waals surface area contributed by atoms with Crippen molar-refractivity contribution in [3.63, 3.8) is 0 Å². The molecule has 1 amide bonds. The molecule has 2 aromatic carbocycles. The molecule has 4 bridgehead atoms. The van der Waals surface area contributed by atoms with Crippen LogP contribution in [0.1, 0.15) is 77.2 Å². The van der Waals surface area contributed by atoms with E-state index in [1.807, 2.05) is 37.3 Å². The largest absolute Gasteiger partial charge is 0.507 e. The van der Waals surface area contributed by atoms with Gasteiger partial charge in [-0.2, -0.15) is 0 Å². The SMILES string of the molecule is CC(=O)O[C@@H]1[C@H](C)[C@@H](O)/C=C/O[C@@]2(C)Oc3c(C)c(O)c4c(=O)c(c5sc6cc(N7CCNCC7)ccc6nc-5c4c3C2=O)NC(=O)/C(C)=C\C=C\[C@H](C)C[C@@H](C)C[C@H]1C. The third-order valence-electron chi connectivity index (χ3n) is 12.0. The van der Waals surface area contributed by atoms with Gasteiger partial charge in [0.1, 0.15) is 23.3 Å². The molecule has 2 aromatic rings. The lowest BCUT2D eigenvalue weighted by Gasteiger charge is -2.32. The van der Waals surface area contributed by atoms with Crippen LogP contribution in [0.4, 0.5) is 11.4 Å². The van der Waals surface area contributed by atoms with E-state index in [0.717, 1.165) is 49.4 Å². The molecule has 13 nitrogen and oxygen atoms in total. The van der Waals surface area contributed by atoms with Crippen molar-refractivity contribution in [1.29, 1.82) is 0 Å². The molecule has 0 radical (unpaired) electrons. The molecule has 1 aliphatic carbocycles. The van der Waals surface area contributed by atoms with Crippen LogP contribution in [0.5, 0.6) is 11.5 Å². The summed E-state index contributed by atoms with van der Waals surface area (Å²) in [4.78, 5) is 63.2. The third-order valence-corrected chi connectivity index (χ3v) is 13.2. The molecule has 1 saturated heterocycles. The van der Waals surface area contributed by atoms with E-state index in [9.17, 15) is 29.4 Å². The van der Waals surface area contributed by atoms with Crippen molar-refractivity contribution in [3.05, 3.63) is 75.7 Å². The van der Waals surface area contributed by atoms with E-state index in [2.05, 4.69) is 29.4 Å². The zero-order valence-corrected chi connectivity index (χ0v) is 36.2. The number of phenolic OH excluding ortho intramolecular Hbond substituents is 1. The Morgan fingerprint density at radius 1 is 1.05 bits per heavy atom. The van der Waals surface area contributed by atoms with Gasteiger partial charge in [0.15, 0.2) is 0 Å². The first-order valence-electron chi connectivity index (χ1n) is 20.6. The van der Waals surface area contributed by atoms with Crippen molar-refractivity contribution in [2.75, 3.05) is 36.4 Å². The minimum Gasteiger partial charge on any atom is -0.507 e. The number of piperazine rings is 1. The van der Waals surface area contributed by atoms with Crippen molar-refractivity contribution >= 4 is 61.4 Å². The van der Waals surface area contributed by atoms with Gasteiger partial charge in [0.25, 0.3) is 11.7 Å². The highest BCUT2D eigenvalue weighted by molar-refractivity contribution is 7.22. The van der Waals surface area contributed by atoms with Crippen LogP contribution in [0, 0.1) is 30.6 Å². The number of allylic oxidation sites excluding steroid dienone is 3. The number of rotatable bonds is 2. The average Bonchev–Trinajstić information content (AvgIpc) is 3.47. The summed E-state index contributed by atoms with van der Waals surface area (Å²) in [6, 6.07) is 5.89. The maximum absolute atomic E-state index is 14.8.